The molecule has 6 heteroatoms. The number of hydrogen-bond donors (Lipinski definition) is 1. The Morgan fingerprint density at radius 2 is 1.87 bits per heavy atom. The van der Waals surface area contributed by atoms with Crippen molar-refractivity contribution in [2.75, 3.05) is 11.4 Å². The van der Waals surface area contributed by atoms with Crippen LogP contribution in [0.5, 0.6) is 0 Å². The minimum Gasteiger partial charge on any atom is -0.331 e. The van der Waals surface area contributed by atoms with Crippen molar-refractivity contribution in [1.82, 2.24) is 5.32 Å². The van der Waals surface area contributed by atoms with E-state index in [0.29, 0.717) is 24.9 Å². The van der Waals surface area contributed by atoms with Gasteiger partial charge in [-0.1, -0.05) is 35.4 Å². The van der Waals surface area contributed by atoms with Crippen molar-refractivity contribution in [2.24, 2.45) is 5.11 Å². The van der Waals surface area contributed by atoms with Crippen LogP contribution in [0.25, 0.3) is 10.4 Å². The molecular weight excluding hydrogens is 290 g/mol. The molecule has 1 aliphatic rings. The minimum absolute atomic E-state index is 0.0680. The van der Waals surface area contributed by atoms with Crippen LogP contribution in [0.3, 0.4) is 0 Å². The second kappa shape index (κ2) is 6.85. The molecular formula is C17H17N5O. The molecule has 0 spiro atoms. The molecule has 116 valence electrons. The molecule has 0 aromatic heterocycles. The second-order valence-electron chi connectivity index (χ2n) is 5.31. The summed E-state index contributed by atoms with van der Waals surface area (Å²) in [6, 6.07) is 17.6. The molecule has 1 aliphatic heterocycles. The van der Waals surface area contributed by atoms with E-state index in [1.807, 2.05) is 54.6 Å². The van der Waals surface area contributed by atoms with Gasteiger partial charge in [0.15, 0.2) is 0 Å². The highest BCUT2D eigenvalue weighted by molar-refractivity contribution is 6.03. The van der Waals surface area contributed by atoms with Crippen LogP contribution in [-0.4, -0.2) is 18.6 Å². The van der Waals surface area contributed by atoms with Crippen LogP contribution in [0, 0.1) is 0 Å². The Kier molecular flexibility index (Phi) is 4.45. The van der Waals surface area contributed by atoms with Gasteiger partial charge < -0.3 is 10.2 Å². The van der Waals surface area contributed by atoms with E-state index in [9.17, 15) is 4.79 Å². The number of para-hydroxylation sites is 2. The highest BCUT2D eigenvalue weighted by Crippen LogP contribution is 2.34. The lowest BCUT2D eigenvalue weighted by atomic mass is 10.0. The van der Waals surface area contributed by atoms with Crippen LogP contribution in [0.1, 0.15) is 23.2 Å². The summed E-state index contributed by atoms with van der Waals surface area (Å²) in [5.74, 6) is -0.0680. The first-order valence-electron chi connectivity index (χ1n) is 7.56. The number of anilines is 2. The van der Waals surface area contributed by atoms with Gasteiger partial charge in [0.2, 0.25) is 0 Å². The molecule has 0 radical (unpaired) electrons. The lowest BCUT2D eigenvalue weighted by Crippen LogP contribution is -2.50. The summed E-state index contributed by atoms with van der Waals surface area (Å²) in [7, 11) is 0. The van der Waals surface area contributed by atoms with E-state index in [0.717, 1.165) is 11.4 Å². The van der Waals surface area contributed by atoms with E-state index in [-0.39, 0.29) is 12.1 Å². The number of carbonyl (C=O) groups is 1. The molecule has 6 nitrogen and oxygen atoms in total. The molecule has 23 heavy (non-hydrogen) atoms. The van der Waals surface area contributed by atoms with E-state index in [1.54, 1.807) is 0 Å². The van der Waals surface area contributed by atoms with Crippen molar-refractivity contribution in [3.8, 4) is 0 Å². The molecule has 1 atom stereocenters. The summed E-state index contributed by atoms with van der Waals surface area (Å²) in [5.41, 5.74) is 11.0. The van der Waals surface area contributed by atoms with Crippen molar-refractivity contribution in [3.63, 3.8) is 0 Å². The number of fused-ring (bicyclic) bond motifs is 1. The molecule has 0 fully saturated rings. The van der Waals surface area contributed by atoms with Gasteiger partial charge in [0.1, 0.15) is 6.17 Å². The van der Waals surface area contributed by atoms with Gasteiger partial charge in [-0.05, 0) is 42.6 Å². The summed E-state index contributed by atoms with van der Waals surface area (Å²) in [6.45, 7) is 0.424. The number of benzene rings is 2. The first kappa shape index (κ1) is 14.9. The average Bonchev–Trinajstić information content (AvgIpc) is 2.60. The van der Waals surface area contributed by atoms with Crippen LogP contribution in [-0.2, 0) is 0 Å². The maximum atomic E-state index is 12.3. The van der Waals surface area contributed by atoms with Gasteiger partial charge in [-0.15, -0.1) is 0 Å². The third-order valence-electron chi connectivity index (χ3n) is 3.85. The minimum atomic E-state index is -0.159. The Balaban J connectivity index is 1.95. The molecule has 0 bridgehead atoms. The molecule has 1 amide bonds. The summed E-state index contributed by atoms with van der Waals surface area (Å²) in [6.07, 6.45) is 1.25. The Hall–Kier alpha value is -2.98. The monoisotopic (exact) mass is 307 g/mol. The Labute approximate surface area is 134 Å². The van der Waals surface area contributed by atoms with Gasteiger partial charge >= 0.3 is 0 Å². The fourth-order valence-corrected chi connectivity index (χ4v) is 2.85. The zero-order valence-electron chi connectivity index (χ0n) is 12.6. The zero-order chi connectivity index (χ0) is 16.1. The Morgan fingerprint density at radius 1 is 1.13 bits per heavy atom. The fraction of sp³-hybridized carbons (Fsp3) is 0.235. The summed E-state index contributed by atoms with van der Waals surface area (Å²) in [4.78, 5) is 17.2. The SMILES string of the molecule is [N-]=[N+]=NCCCC1NC(=O)c2ccccc2N1c1ccccc1. The molecule has 3 rings (SSSR count). The van der Waals surface area contributed by atoms with Crippen molar-refractivity contribution >= 4 is 17.3 Å². The summed E-state index contributed by atoms with van der Waals surface area (Å²) in [5, 5.41) is 6.62. The third-order valence-corrected chi connectivity index (χ3v) is 3.85. The molecule has 2 aromatic rings. The number of nitrogens with zero attached hydrogens (tertiary/aromatic N) is 4. The van der Waals surface area contributed by atoms with Gasteiger partial charge in [-0.3, -0.25) is 4.79 Å². The smallest absolute Gasteiger partial charge is 0.255 e. The van der Waals surface area contributed by atoms with Crippen molar-refractivity contribution in [2.45, 2.75) is 19.0 Å². The second-order valence-corrected chi connectivity index (χ2v) is 5.31. The number of carbonyl (C=O) groups excluding carboxylic acids is 1. The summed E-state index contributed by atoms with van der Waals surface area (Å²) >= 11 is 0. The van der Waals surface area contributed by atoms with Gasteiger partial charge in [0.25, 0.3) is 5.91 Å². The van der Waals surface area contributed by atoms with Crippen molar-refractivity contribution in [1.29, 1.82) is 0 Å². The van der Waals surface area contributed by atoms with Crippen molar-refractivity contribution < 1.29 is 4.79 Å². The zero-order valence-corrected chi connectivity index (χ0v) is 12.6. The predicted molar refractivity (Wildman–Crippen MR) is 89.5 cm³/mol. The maximum Gasteiger partial charge on any atom is 0.255 e. The molecule has 0 saturated heterocycles. The van der Waals surface area contributed by atoms with E-state index < -0.39 is 0 Å². The molecule has 0 aliphatic carbocycles. The number of hydrogen-bond acceptors (Lipinski definition) is 3. The van der Waals surface area contributed by atoms with Crippen LogP contribution in [0.4, 0.5) is 11.4 Å². The number of azide groups is 1. The first-order chi connectivity index (χ1) is 11.3. The molecule has 0 saturated carbocycles. The third kappa shape index (κ3) is 3.12. The highest BCUT2D eigenvalue weighted by Gasteiger charge is 2.30. The van der Waals surface area contributed by atoms with Crippen LogP contribution in [0.2, 0.25) is 0 Å². The van der Waals surface area contributed by atoms with Gasteiger partial charge in [0.05, 0.1) is 11.3 Å². The number of nitrogens with one attached hydrogen (secondary N) is 1. The lowest BCUT2D eigenvalue weighted by Gasteiger charge is -2.39. The average molecular weight is 307 g/mol. The number of rotatable bonds is 5. The fourth-order valence-electron chi connectivity index (χ4n) is 2.85. The largest absolute Gasteiger partial charge is 0.331 e. The summed E-state index contributed by atoms with van der Waals surface area (Å²) < 4.78 is 0. The Morgan fingerprint density at radius 3 is 2.65 bits per heavy atom. The molecule has 1 unspecified atom stereocenters. The van der Waals surface area contributed by atoms with Crippen LogP contribution < -0.4 is 10.2 Å². The van der Waals surface area contributed by atoms with E-state index in [1.165, 1.54) is 0 Å². The van der Waals surface area contributed by atoms with E-state index >= 15 is 0 Å². The quantitative estimate of drug-likeness (QED) is 0.392. The molecule has 1 heterocycles. The van der Waals surface area contributed by atoms with Crippen molar-refractivity contribution in [3.05, 3.63) is 70.6 Å². The van der Waals surface area contributed by atoms with Crippen LogP contribution in [0.15, 0.2) is 59.7 Å². The van der Waals surface area contributed by atoms with E-state index in [2.05, 4.69) is 20.2 Å². The lowest BCUT2D eigenvalue weighted by molar-refractivity contribution is 0.0927. The van der Waals surface area contributed by atoms with Gasteiger partial charge in [0, 0.05) is 17.1 Å². The highest BCUT2D eigenvalue weighted by atomic mass is 16.2. The van der Waals surface area contributed by atoms with Gasteiger partial charge in [-0.2, -0.15) is 0 Å². The van der Waals surface area contributed by atoms with Gasteiger partial charge in [-0.25, -0.2) is 0 Å². The topological polar surface area (TPSA) is 81.1 Å². The van der Waals surface area contributed by atoms with E-state index in [4.69, 9.17) is 5.53 Å². The predicted octanol–water partition coefficient (Wildman–Crippen LogP) is 3.98. The number of amides is 1. The first-order valence-corrected chi connectivity index (χ1v) is 7.56. The maximum absolute atomic E-state index is 12.3. The standard InChI is InChI=1S/C17H17N5O/c18-21-19-12-6-11-16-20-17(23)14-9-4-5-10-15(14)22(16)13-7-2-1-3-8-13/h1-5,7-10,16H,6,11-12H2,(H,20,23). The normalized spacial score (nSPS) is 16.3. The van der Waals surface area contributed by atoms with Crippen LogP contribution >= 0.6 is 0 Å². The molecule has 1 N–H and O–H groups in total. The molecule has 2 aromatic carbocycles. The Bertz CT molecular complexity index is 740.